The number of nitrogens with one attached hydrogen (secondary N) is 1. The number of aryl methyl sites for hydroxylation is 4. The number of carbonyl (C=O) groups excluding carboxylic acids is 1. The molecule has 118 valence electrons. The van der Waals surface area contributed by atoms with E-state index < -0.39 is 5.91 Å². The van der Waals surface area contributed by atoms with E-state index in [4.69, 9.17) is 5.73 Å². The number of fused-ring (bicyclic) bond motifs is 1. The first-order valence-corrected chi connectivity index (χ1v) is 7.63. The fourth-order valence-corrected chi connectivity index (χ4v) is 3.19. The van der Waals surface area contributed by atoms with Gasteiger partial charge in [-0.05, 0) is 55.5 Å². The van der Waals surface area contributed by atoms with Crippen molar-refractivity contribution in [1.29, 1.82) is 0 Å². The predicted octanol–water partition coefficient (Wildman–Crippen LogP) is 3.81. The Labute approximate surface area is 134 Å². The third-order valence-electron chi connectivity index (χ3n) is 4.36. The molecule has 0 bridgehead atoms. The Balaban J connectivity index is 1.99. The Bertz CT molecular complexity index is 896. The second-order valence-corrected chi connectivity index (χ2v) is 5.86. The number of rotatable bonds is 4. The van der Waals surface area contributed by atoms with Crippen LogP contribution in [-0.2, 0) is 12.8 Å². The van der Waals surface area contributed by atoms with Crippen LogP contribution in [-0.4, -0.2) is 10.9 Å². The monoisotopic (exact) mass is 310 g/mol. The van der Waals surface area contributed by atoms with Gasteiger partial charge in [0, 0.05) is 16.6 Å². The summed E-state index contributed by atoms with van der Waals surface area (Å²) in [6.07, 6.45) is 1.41. The van der Waals surface area contributed by atoms with Crippen LogP contribution >= 0.6 is 0 Å². The molecule has 3 aromatic rings. The molecule has 0 spiro atoms. The standard InChI is InChI=1S/C19H19FN2O/c1-11-7-10-16(20)18-17(11)14(12(2)22-18)9-8-13-5-3-4-6-15(13)19(21)23/h3-7,10,22H,8-9H2,1-2H3,(H2,21,23). The second kappa shape index (κ2) is 5.88. The van der Waals surface area contributed by atoms with Crippen molar-refractivity contribution in [2.24, 2.45) is 5.73 Å². The number of halogens is 1. The van der Waals surface area contributed by atoms with Crippen LogP contribution in [0.4, 0.5) is 4.39 Å². The lowest BCUT2D eigenvalue weighted by Gasteiger charge is -2.08. The molecule has 0 aliphatic heterocycles. The minimum absolute atomic E-state index is 0.238. The molecule has 4 heteroatoms. The van der Waals surface area contributed by atoms with Gasteiger partial charge < -0.3 is 10.7 Å². The maximum absolute atomic E-state index is 14.0. The van der Waals surface area contributed by atoms with Crippen LogP contribution in [0.15, 0.2) is 36.4 Å². The van der Waals surface area contributed by atoms with Crippen LogP contribution in [0.5, 0.6) is 0 Å². The molecule has 0 atom stereocenters. The molecule has 1 aromatic heterocycles. The van der Waals surface area contributed by atoms with Crippen molar-refractivity contribution in [3.8, 4) is 0 Å². The molecule has 1 amide bonds. The number of benzene rings is 2. The van der Waals surface area contributed by atoms with Gasteiger partial charge in [-0.1, -0.05) is 24.3 Å². The zero-order valence-electron chi connectivity index (χ0n) is 13.2. The van der Waals surface area contributed by atoms with E-state index in [-0.39, 0.29) is 5.82 Å². The molecule has 3 N–H and O–H groups in total. The van der Waals surface area contributed by atoms with Gasteiger partial charge in [0.05, 0.1) is 5.52 Å². The molecule has 0 aliphatic carbocycles. The lowest BCUT2D eigenvalue weighted by atomic mass is 9.96. The maximum atomic E-state index is 14.0. The van der Waals surface area contributed by atoms with E-state index in [2.05, 4.69) is 4.98 Å². The number of nitrogens with two attached hydrogens (primary N) is 1. The highest BCUT2D eigenvalue weighted by Crippen LogP contribution is 2.29. The average Bonchev–Trinajstić information content (AvgIpc) is 2.87. The number of H-pyrrole nitrogens is 1. The SMILES string of the molecule is Cc1[nH]c2c(F)ccc(C)c2c1CCc1ccccc1C(N)=O. The van der Waals surface area contributed by atoms with Gasteiger partial charge in [0.1, 0.15) is 5.82 Å². The third kappa shape index (κ3) is 2.72. The van der Waals surface area contributed by atoms with Gasteiger partial charge in [0.25, 0.3) is 0 Å². The number of hydrogen-bond donors (Lipinski definition) is 2. The zero-order chi connectivity index (χ0) is 16.6. The summed E-state index contributed by atoms with van der Waals surface area (Å²) in [5.41, 5.74) is 10.6. The summed E-state index contributed by atoms with van der Waals surface area (Å²) in [6.45, 7) is 3.93. The third-order valence-corrected chi connectivity index (χ3v) is 4.36. The van der Waals surface area contributed by atoms with Gasteiger partial charge >= 0.3 is 0 Å². The van der Waals surface area contributed by atoms with E-state index in [1.165, 1.54) is 6.07 Å². The minimum atomic E-state index is -0.418. The number of aromatic nitrogens is 1. The molecular formula is C19H19FN2O. The average molecular weight is 310 g/mol. The van der Waals surface area contributed by atoms with E-state index in [9.17, 15) is 9.18 Å². The molecule has 0 fully saturated rings. The van der Waals surface area contributed by atoms with E-state index >= 15 is 0 Å². The summed E-state index contributed by atoms with van der Waals surface area (Å²) in [4.78, 5) is 14.7. The number of aromatic amines is 1. The molecule has 0 saturated heterocycles. The van der Waals surface area contributed by atoms with Crippen LogP contribution in [0, 0.1) is 19.7 Å². The second-order valence-electron chi connectivity index (χ2n) is 5.86. The van der Waals surface area contributed by atoms with Crippen molar-refractivity contribution >= 4 is 16.8 Å². The van der Waals surface area contributed by atoms with Crippen LogP contribution in [0.3, 0.4) is 0 Å². The van der Waals surface area contributed by atoms with Crippen molar-refractivity contribution in [2.45, 2.75) is 26.7 Å². The Morgan fingerprint density at radius 1 is 1.13 bits per heavy atom. The smallest absolute Gasteiger partial charge is 0.248 e. The molecule has 0 unspecified atom stereocenters. The van der Waals surface area contributed by atoms with Gasteiger partial charge in [0.15, 0.2) is 0 Å². The zero-order valence-corrected chi connectivity index (χ0v) is 13.2. The van der Waals surface area contributed by atoms with Crippen molar-refractivity contribution in [3.63, 3.8) is 0 Å². The van der Waals surface area contributed by atoms with E-state index in [1.54, 1.807) is 18.2 Å². The molecule has 2 aromatic carbocycles. The summed E-state index contributed by atoms with van der Waals surface area (Å²) in [7, 11) is 0. The van der Waals surface area contributed by atoms with Crippen molar-refractivity contribution in [2.75, 3.05) is 0 Å². The van der Waals surface area contributed by atoms with Crippen LogP contribution in [0.25, 0.3) is 10.9 Å². The van der Waals surface area contributed by atoms with Crippen molar-refractivity contribution < 1.29 is 9.18 Å². The van der Waals surface area contributed by atoms with Gasteiger partial charge in [-0.2, -0.15) is 0 Å². The quantitative estimate of drug-likeness (QED) is 0.756. The van der Waals surface area contributed by atoms with Crippen LogP contribution < -0.4 is 5.73 Å². The number of carbonyl (C=O) groups is 1. The Morgan fingerprint density at radius 2 is 1.87 bits per heavy atom. The molecule has 0 aliphatic rings. The molecule has 0 radical (unpaired) electrons. The highest BCUT2D eigenvalue weighted by Gasteiger charge is 2.15. The normalized spacial score (nSPS) is 11.1. The summed E-state index contributed by atoms with van der Waals surface area (Å²) in [5.74, 6) is -0.657. The van der Waals surface area contributed by atoms with Gasteiger partial charge in [-0.15, -0.1) is 0 Å². The molecule has 3 nitrogen and oxygen atoms in total. The predicted molar refractivity (Wildman–Crippen MR) is 90.1 cm³/mol. The topological polar surface area (TPSA) is 58.9 Å². The summed E-state index contributed by atoms with van der Waals surface area (Å²) >= 11 is 0. The largest absolute Gasteiger partial charge is 0.366 e. The molecule has 23 heavy (non-hydrogen) atoms. The molecule has 3 rings (SSSR count). The first-order valence-electron chi connectivity index (χ1n) is 7.63. The van der Waals surface area contributed by atoms with Crippen molar-refractivity contribution in [3.05, 3.63) is 70.2 Å². The number of primary amides is 1. The summed E-state index contributed by atoms with van der Waals surface area (Å²) in [6, 6.07) is 10.6. The lowest BCUT2D eigenvalue weighted by molar-refractivity contribution is 0.0999. The van der Waals surface area contributed by atoms with E-state index in [0.29, 0.717) is 17.5 Å². The molecule has 0 saturated carbocycles. The van der Waals surface area contributed by atoms with E-state index in [1.807, 2.05) is 26.0 Å². The maximum Gasteiger partial charge on any atom is 0.248 e. The Hall–Kier alpha value is -2.62. The Morgan fingerprint density at radius 3 is 2.61 bits per heavy atom. The lowest BCUT2D eigenvalue weighted by Crippen LogP contribution is -2.14. The van der Waals surface area contributed by atoms with Gasteiger partial charge in [0.2, 0.25) is 5.91 Å². The highest BCUT2D eigenvalue weighted by molar-refractivity contribution is 5.94. The molecular weight excluding hydrogens is 291 g/mol. The summed E-state index contributed by atoms with van der Waals surface area (Å²) in [5, 5.41) is 0.944. The minimum Gasteiger partial charge on any atom is -0.366 e. The van der Waals surface area contributed by atoms with Crippen LogP contribution in [0.1, 0.15) is 32.7 Å². The van der Waals surface area contributed by atoms with Gasteiger partial charge in [-0.3, -0.25) is 4.79 Å². The first-order chi connectivity index (χ1) is 11.0. The highest BCUT2D eigenvalue weighted by atomic mass is 19.1. The summed E-state index contributed by atoms with van der Waals surface area (Å²) < 4.78 is 14.0. The van der Waals surface area contributed by atoms with Crippen molar-refractivity contribution in [1.82, 2.24) is 4.98 Å². The van der Waals surface area contributed by atoms with Crippen LogP contribution in [0.2, 0.25) is 0 Å². The fourth-order valence-electron chi connectivity index (χ4n) is 3.19. The fraction of sp³-hybridized carbons (Fsp3) is 0.211. The number of hydrogen-bond acceptors (Lipinski definition) is 1. The first kappa shape index (κ1) is 15.3. The Kier molecular flexibility index (Phi) is 3.90. The van der Waals surface area contributed by atoms with E-state index in [0.717, 1.165) is 34.2 Å². The number of amides is 1. The molecule has 1 heterocycles. The van der Waals surface area contributed by atoms with Gasteiger partial charge in [-0.25, -0.2) is 4.39 Å².